The summed E-state index contributed by atoms with van der Waals surface area (Å²) in [6, 6.07) is 7.57. The molecule has 0 N–H and O–H groups in total. The van der Waals surface area contributed by atoms with Crippen molar-refractivity contribution in [3.05, 3.63) is 29.1 Å². The summed E-state index contributed by atoms with van der Waals surface area (Å²) in [6.45, 7) is 2.20. The van der Waals surface area contributed by atoms with Gasteiger partial charge in [0.25, 0.3) is 0 Å². The van der Waals surface area contributed by atoms with E-state index in [4.69, 9.17) is 9.47 Å². The molecule has 0 atom stereocenters. The van der Waals surface area contributed by atoms with E-state index in [0.717, 1.165) is 15.8 Å². The first-order valence-corrected chi connectivity index (χ1v) is 5.81. The van der Waals surface area contributed by atoms with Gasteiger partial charge in [-0.1, -0.05) is 0 Å². The molecular formula is C12H12O3S. The van der Waals surface area contributed by atoms with Gasteiger partial charge in [-0.05, 0) is 36.6 Å². The largest absolute Gasteiger partial charge is 0.497 e. The molecule has 0 aliphatic carbocycles. The van der Waals surface area contributed by atoms with Gasteiger partial charge in [0.15, 0.2) is 0 Å². The Morgan fingerprint density at radius 3 is 2.88 bits per heavy atom. The molecular weight excluding hydrogens is 224 g/mol. The topological polar surface area (TPSA) is 35.5 Å². The lowest BCUT2D eigenvalue weighted by molar-refractivity contribution is 0.0532. The van der Waals surface area contributed by atoms with Gasteiger partial charge in [-0.15, -0.1) is 11.3 Å². The van der Waals surface area contributed by atoms with E-state index in [1.807, 2.05) is 24.3 Å². The highest BCUT2D eigenvalue weighted by Gasteiger charge is 2.11. The standard InChI is InChI=1S/C12H12O3S/c1-3-15-12(13)11-7-8-6-9(14-2)4-5-10(8)16-11/h4-7H,3H2,1-2H3. The van der Waals surface area contributed by atoms with E-state index in [2.05, 4.69) is 0 Å². The first kappa shape index (κ1) is 11.0. The molecule has 0 aliphatic rings. The smallest absolute Gasteiger partial charge is 0.348 e. The Hall–Kier alpha value is -1.55. The zero-order chi connectivity index (χ0) is 11.5. The normalized spacial score (nSPS) is 10.4. The highest BCUT2D eigenvalue weighted by atomic mass is 32.1. The SMILES string of the molecule is CCOC(=O)c1cc2cc(OC)ccc2s1. The minimum absolute atomic E-state index is 0.261. The van der Waals surface area contributed by atoms with Crippen molar-refractivity contribution in [3.63, 3.8) is 0 Å². The van der Waals surface area contributed by atoms with Crippen LogP contribution in [0.1, 0.15) is 16.6 Å². The molecule has 0 bridgehead atoms. The van der Waals surface area contributed by atoms with Crippen LogP contribution in [-0.4, -0.2) is 19.7 Å². The van der Waals surface area contributed by atoms with Crippen LogP contribution in [0.3, 0.4) is 0 Å². The molecule has 4 heteroatoms. The number of carbonyl (C=O) groups excluding carboxylic acids is 1. The van der Waals surface area contributed by atoms with Crippen LogP contribution in [0.5, 0.6) is 5.75 Å². The molecule has 84 valence electrons. The summed E-state index contributed by atoms with van der Waals surface area (Å²) < 4.78 is 11.1. The van der Waals surface area contributed by atoms with Gasteiger partial charge in [0.05, 0.1) is 13.7 Å². The number of esters is 1. The maximum absolute atomic E-state index is 11.5. The second kappa shape index (κ2) is 4.53. The predicted octanol–water partition coefficient (Wildman–Crippen LogP) is 3.09. The quantitative estimate of drug-likeness (QED) is 0.768. The minimum Gasteiger partial charge on any atom is -0.497 e. The molecule has 2 rings (SSSR count). The number of methoxy groups -OCH3 is 1. The molecule has 3 nitrogen and oxygen atoms in total. The minimum atomic E-state index is -0.261. The van der Waals surface area contributed by atoms with E-state index in [1.54, 1.807) is 14.0 Å². The number of ether oxygens (including phenoxy) is 2. The molecule has 0 saturated heterocycles. The van der Waals surface area contributed by atoms with Gasteiger partial charge in [-0.25, -0.2) is 4.79 Å². The fourth-order valence-electron chi connectivity index (χ4n) is 1.45. The maximum Gasteiger partial charge on any atom is 0.348 e. The van der Waals surface area contributed by atoms with E-state index in [-0.39, 0.29) is 5.97 Å². The van der Waals surface area contributed by atoms with E-state index < -0.39 is 0 Å². The molecule has 0 amide bonds. The summed E-state index contributed by atoms with van der Waals surface area (Å²) in [6.07, 6.45) is 0. The van der Waals surface area contributed by atoms with Gasteiger partial charge >= 0.3 is 5.97 Å². The highest BCUT2D eigenvalue weighted by Crippen LogP contribution is 2.29. The molecule has 2 aromatic rings. The Kier molecular flexibility index (Phi) is 3.10. The number of thiophene rings is 1. The first-order chi connectivity index (χ1) is 7.74. The average Bonchev–Trinajstić information content (AvgIpc) is 2.71. The second-order valence-corrected chi connectivity index (χ2v) is 4.32. The van der Waals surface area contributed by atoms with Gasteiger partial charge in [0, 0.05) is 4.70 Å². The Labute approximate surface area is 97.6 Å². The summed E-state index contributed by atoms with van der Waals surface area (Å²) in [5.41, 5.74) is 0. The van der Waals surface area contributed by atoms with Crippen LogP contribution in [0.15, 0.2) is 24.3 Å². The van der Waals surface area contributed by atoms with Crippen LogP contribution in [0.25, 0.3) is 10.1 Å². The molecule has 0 spiro atoms. The molecule has 0 fully saturated rings. The Morgan fingerprint density at radius 1 is 1.38 bits per heavy atom. The third-order valence-electron chi connectivity index (χ3n) is 2.20. The molecule has 16 heavy (non-hydrogen) atoms. The summed E-state index contributed by atoms with van der Waals surface area (Å²) >= 11 is 1.43. The molecule has 1 aromatic heterocycles. The summed E-state index contributed by atoms with van der Waals surface area (Å²) in [4.78, 5) is 12.2. The number of carbonyl (C=O) groups is 1. The monoisotopic (exact) mass is 236 g/mol. The number of fused-ring (bicyclic) bond motifs is 1. The number of hydrogen-bond acceptors (Lipinski definition) is 4. The summed E-state index contributed by atoms with van der Waals surface area (Å²) in [5, 5.41) is 1.01. The van der Waals surface area contributed by atoms with Crippen LogP contribution < -0.4 is 4.74 Å². The highest BCUT2D eigenvalue weighted by molar-refractivity contribution is 7.20. The lowest BCUT2D eigenvalue weighted by Gasteiger charge is -1.97. The van der Waals surface area contributed by atoms with E-state index >= 15 is 0 Å². The van der Waals surface area contributed by atoms with Gasteiger partial charge in [-0.3, -0.25) is 0 Å². The first-order valence-electron chi connectivity index (χ1n) is 4.99. The zero-order valence-electron chi connectivity index (χ0n) is 9.15. The maximum atomic E-state index is 11.5. The van der Waals surface area contributed by atoms with Crippen molar-refractivity contribution in [2.24, 2.45) is 0 Å². The van der Waals surface area contributed by atoms with Crippen LogP contribution in [-0.2, 0) is 4.74 Å². The van der Waals surface area contributed by atoms with Crippen LogP contribution in [0.2, 0.25) is 0 Å². The summed E-state index contributed by atoms with van der Waals surface area (Å²) in [5.74, 6) is 0.531. The second-order valence-electron chi connectivity index (χ2n) is 3.23. The van der Waals surface area contributed by atoms with Gasteiger partial charge in [-0.2, -0.15) is 0 Å². The van der Waals surface area contributed by atoms with Gasteiger partial charge in [0.2, 0.25) is 0 Å². The number of rotatable bonds is 3. The van der Waals surface area contributed by atoms with Crippen molar-refractivity contribution in [3.8, 4) is 5.75 Å². The lowest BCUT2D eigenvalue weighted by Crippen LogP contribution is -2.01. The lowest BCUT2D eigenvalue weighted by atomic mass is 10.2. The summed E-state index contributed by atoms with van der Waals surface area (Å²) in [7, 11) is 1.62. The third-order valence-corrected chi connectivity index (χ3v) is 3.30. The van der Waals surface area contributed by atoms with Crippen molar-refractivity contribution in [2.75, 3.05) is 13.7 Å². The Balaban J connectivity index is 2.39. The molecule has 1 heterocycles. The van der Waals surface area contributed by atoms with Crippen molar-refractivity contribution in [1.82, 2.24) is 0 Å². The average molecular weight is 236 g/mol. The fourth-order valence-corrected chi connectivity index (χ4v) is 2.39. The van der Waals surface area contributed by atoms with E-state index in [0.29, 0.717) is 11.5 Å². The van der Waals surface area contributed by atoms with Crippen molar-refractivity contribution < 1.29 is 14.3 Å². The van der Waals surface area contributed by atoms with Gasteiger partial charge < -0.3 is 9.47 Å². The number of benzene rings is 1. The van der Waals surface area contributed by atoms with Crippen LogP contribution >= 0.6 is 11.3 Å². The van der Waals surface area contributed by atoms with Crippen molar-refractivity contribution in [1.29, 1.82) is 0 Å². The third kappa shape index (κ3) is 2.02. The molecule has 0 aliphatic heterocycles. The van der Waals surface area contributed by atoms with E-state index in [9.17, 15) is 4.79 Å². The molecule has 0 radical (unpaired) electrons. The molecule has 0 unspecified atom stereocenters. The van der Waals surface area contributed by atoms with Crippen LogP contribution in [0, 0.1) is 0 Å². The van der Waals surface area contributed by atoms with Gasteiger partial charge in [0.1, 0.15) is 10.6 Å². The fraction of sp³-hybridized carbons (Fsp3) is 0.250. The molecule has 1 aromatic carbocycles. The zero-order valence-corrected chi connectivity index (χ0v) is 9.97. The molecule has 0 saturated carbocycles. The van der Waals surface area contributed by atoms with Crippen LogP contribution in [0.4, 0.5) is 0 Å². The Bertz CT molecular complexity index is 516. The number of hydrogen-bond donors (Lipinski definition) is 0. The predicted molar refractivity (Wildman–Crippen MR) is 64.3 cm³/mol. The van der Waals surface area contributed by atoms with Crippen molar-refractivity contribution in [2.45, 2.75) is 6.92 Å². The van der Waals surface area contributed by atoms with E-state index in [1.165, 1.54) is 11.3 Å². The Morgan fingerprint density at radius 2 is 2.19 bits per heavy atom. The van der Waals surface area contributed by atoms with Crippen molar-refractivity contribution >= 4 is 27.4 Å².